The predicted octanol–water partition coefficient (Wildman–Crippen LogP) is 4.10. The van der Waals surface area contributed by atoms with Crippen LogP contribution in [0, 0.1) is 17.0 Å². The number of hydrogen-bond acceptors (Lipinski definition) is 5. The molecule has 0 saturated heterocycles. The van der Waals surface area contributed by atoms with Crippen LogP contribution < -0.4 is 9.62 Å². The highest BCUT2D eigenvalue weighted by molar-refractivity contribution is 7.92. The van der Waals surface area contributed by atoms with Gasteiger partial charge in [0.25, 0.3) is 11.6 Å². The van der Waals surface area contributed by atoms with Gasteiger partial charge in [0.1, 0.15) is 0 Å². The topological polar surface area (TPSA) is 110 Å². The SMILES string of the molecule is Cc1c(N(Cc2ccc(C(=O)NCC3=CCCCC3)cc2)S(C)(=O)=O)cccc1[N+](=O)[O-]. The molecule has 170 valence electrons. The number of nitro benzene ring substituents is 1. The highest BCUT2D eigenvalue weighted by atomic mass is 32.2. The number of amides is 1. The van der Waals surface area contributed by atoms with E-state index in [9.17, 15) is 23.3 Å². The molecule has 1 amide bonds. The lowest BCUT2D eigenvalue weighted by Gasteiger charge is -2.24. The number of carbonyl (C=O) groups excluding carboxylic acids is 1. The standard InChI is InChI=1S/C23H27N3O5S/c1-17-21(9-6-10-22(17)26(28)29)25(32(2,30)31)16-19-11-13-20(14-12-19)23(27)24-15-18-7-4-3-5-8-18/h6-7,9-14H,3-5,8,15-16H2,1-2H3,(H,24,27). The number of nitro groups is 1. The number of sulfonamides is 1. The molecule has 0 bridgehead atoms. The molecule has 0 saturated carbocycles. The summed E-state index contributed by atoms with van der Waals surface area (Å²) in [7, 11) is -3.70. The minimum absolute atomic E-state index is 0.00434. The molecule has 0 aromatic heterocycles. The van der Waals surface area contributed by atoms with Gasteiger partial charge < -0.3 is 5.32 Å². The molecule has 0 radical (unpaired) electrons. The van der Waals surface area contributed by atoms with Crippen molar-refractivity contribution in [3.63, 3.8) is 0 Å². The van der Waals surface area contributed by atoms with E-state index >= 15 is 0 Å². The number of nitrogens with zero attached hydrogens (tertiary/aromatic N) is 2. The Morgan fingerprint density at radius 2 is 1.88 bits per heavy atom. The van der Waals surface area contributed by atoms with E-state index in [0.29, 0.717) is 17.7 Å². The summed E-state index contributed by atoms with van der Waals surface area (Å²) in [6.45, 7) is 2.06. The van der Waals surface area contributed by atoms with E-state index in [-0.39, 0.29) is 29.4 Å². The fourth-order valence-electron chi connectivity index (χ4n) is 3.75. The molecule has 8 nitrogen and oxygen atoms in total. The van der Waals surface area contributed by atoms with Gasteiger partial charge in [0.05, 0.1) is 29.0 Å². The maximum atomic E-state index is 12.5. The van der Waals surface area contributed by atoms with E-state index in [1.807, 2.05) is 0 Å². The van der Waals surface area contributed by atoms with Crippen molar-refractivity contribution in [3.05, 3.63) is 80.9 Å². The third-order valence-electron chi connectivity index (χ3n) is 5.55. The van der Waals surface area contributed by atoms with Crippen LogP contribution in [0.1, 0.15) is 47.2 Å². The largest absolute Gasteiger partial charge is 0.348 e. The van der Waals surface area contributed by atoms with Crippen molar-refractivity contribution in [2.75, 3.05) is 17.1 Å². The average Bonchev–Trinajstić information content (AvgIpc) is 2.76. The van der Waals surface area contributed by atoms with Crippen LogP contribution in [0.25, 0.3) is 0 Å². The van der Waals surface area contributed by atoms with Gasteiger partial charge in [0.15, 0.2) is 0 Å². The fraction of sp³-hybridized carbons (Fsp3) is 0.348. The van der Waals surface area contributed by atoms with Gasteiger partial charge in [0.2, 0.25) is 10.0 Å². The maximum Gasteiger partial charge on any atom is 0.274 e. The fourth-order valence-corrected chi connectivity index (χ4v) is 4.69. The Balaban J connectivity index is 1.76. The van der Waals surface area contributed by atoms with Crippen LogP contribution in [-0.2, 0) is 16.6 Å². The lowest BCUT2D eigenvalue weighted by atomic mass is 9.99. The van der Waals surface area contributed by atoms with E-state index in [1.54, 1.807) is 30.3 Å². The highest BCUT2D eigenvalue weighted by Crippen LogP contribution is 2.31. The molecule has 2 aromatic rings. The third-order valence-corrected chi connectivity index (χ3v) is 6.67. The molecular formula is C23H27N3O5S. The lowest BCUT2D eigenvalue weighted by molar-refractivity contribution is -0.385. The van der Waals surface area contributed by atoms with Crippen LogP contribution in [0.5, 0.6) is 0 Å². The summed E-state index contributed by atoms with van der Waals surface area (Å²) >= 11 is 0. The first-order valence-corrected chi connectivity index (χ1v) is 12.3. The highest BCUT2D eigenvalue weighted by Gasteiger charge is 2.24. The predicted molar refractivity (Wildman–Crippen MR) is 124 cm³/mol. The van der Waals surface area contributed by atoms with E-state index in [2.05, 4.69) is 11.4 Å². The normalized spacial score (nSPS) is 13.9. The summed E-state index contributed by atoms with van der Waals surface area (Å²) in [6.07, 6.45) is 7.66. The van der Waals surface area contributed by atoms with Crippen molar-refractivity contribution < 1.29 is 18.1 Å². The summed E-state index contributed by atoms with van der Waals surface area (Å²) in [6, 6.07) is 11.1. The molecule has 0 atom stereocenters. The van der Waals surface area contributed by atoms with Crippen LogP contribution in [0.4, 0.5) is 11.4 Å². The third kappa shape index (κ3) is 5.73. The first-order valence-electron chi connectivity index (χ1n) is 10.4. The summed E-state index contributed by atoms with van der Waals surface area (Å²) in [5, 5.41) is 14.2. The Kier molecular flexibility index (Phi) is 7.29. The molecule has 9 heteroatoms. The van der Waals surface area contributed by atoms with E-state index in [4.69, 9.17) is 0 Å². The molecule has 0 heterocycles. The second-order valence-electron chi connectivity index (χ2n) is 7.94. The minimum atomic E-state index is -3.70. The molecule has 0 fully saturated rings. The van der Waals surface area contributed by atoms with Gasteiger partial charge in [-0.05, 0) is 56.4 Å². The molecule has 1 aliphatic carbocycles. The molecule has 3 rings (SSSR count). The van der Waals surface area contributed by atoms with Gasteiger partial charge in [-0.15, -0.1) is 0 Å². The van der Waals surface area contributed by atoms with Gasteiger partial charge >= 0.3 is 0 Å². The monoisotopic (exact) mass is 457 g/mol. The zero-order chi connectivity index (χ0) is 23.3. The molecule has 0 spiro atoms. The van der Waals surface area contributed by atoms with Crippen LogP contribution in [0.2, 0.25) is 0 Å². The Hall–Kier alpha value is -3.20. The Labute approximate surface area is 188 Å². The number of nitrogens with one attached hydrogen (secondary N) is 1. The summed E-state index contributed by atoms with van der Waals surface area (Å²) < 4.78 is 26.1. The molecular weight excluding hydrogens is 430 g/mol. The maximum absolute atomic E-state index is 12.5. The second-order valence-corrected chi connectivity index (χ2v) is 9.84. The summed E-state index contributed by atoms with van der Waals surface area (Å²) in [5.41, 5.74) is 2.78. The number of allylic oxidation sites excluding steroid dienone is 1. The number of hydrogen-bond donors (Lipinski definition) is 1. The summed E-state index contributed by atoms with van der Waals surface area (Å²) in [4.78, 5) is 23.2. The molecule has 32 heavy (non-hydrogen) atoms. The van der Waals surface area contributed by atoms with E-state index in [1.165, 1.54) is 31.1 Å². The Bertz CT molecular complexity index is 1140. The molecule has 0 aliphatic heterocycles. The van der Waals surface area contributed by atoms with E-state index < -0.39 is 14.9 Å². The van der Waals surface area contributed by atoms with Crippen LogP contribution in [-0.4, -0.2) is 32.0 Å². The molecule has 1 N–H and O–H groups in total. The molecule has 1 aliphatic rings. The van der Waals surface area contributed by atoms with Crippen LogP contribution in [0.15, 0.2) is 54.1 Å². The van der Waals surface area contributed by atoms with Gasteiger partial charge in [-0.25, -0.2) is 8.42 Å². The Morgan fingerprint density at radius 1 is 1.16 bits per heavy atom. The van der Waals surface area contributed by atoms with Crippen molar-refractivity contribution in [1.29, 1.82) is 0 Å². The van der Waals surface area contributed by atoms with Gasteiger partial charge in [-0.1, -0.05) is 29.8 Å². The number of rotatable bonds is 8. The number of anilines is 1. The van der Waals surface area contributed by atoms with Crippen molar-refractivity contribution in [3.8, 4) is 0 Å². The number of benzene rings is 2. The number of carbonyl (C=O) groups is 1. The summed E-state index contributed by atoms with van der Waals surface area (Å²) in [5.74, 6) is -0.183. The molecule has 2 aromatic carbocycles. The first-order chi connectivity index (χ1) is 15.2. The van der Waals surface area contributed by atoms with Gasteiger partial charge in [0, 0.05) is 18.2 Å². The lowest BCUT2D eigenvalue weighted by Crippen LogP contribution is -2.30. The van der Waals surface area contributed by atoms with Crippen molar-refractivity contribution in [1.82, 2.24) is 5.32 Å². The average molecular weight is 458 g/mol. The minimum Gasteiger partial charge on any atom is -0.348 e. The Morgan fingerprint density at radius 3 is 2.47 bits per heavy atom. The van der Waals surface area contributed by atoms with Gasteiger partial charge in [-0.3, -0.25) is 19.2 Å². The zero-order valence-corrected chi connectivity index (χ0v) is 19.0. The van der Waals surface area contributed by atoms with Crippen LogP contribution >= 0.6 is 0 Å². The van der Waals surface area contributed by atoms with E-state index in [0.717, 1.165) is 29.8 Å². The quantitative estimate of drug-likeness (QED) is 0.365. The van der Waals surface area contributed by atoms with Crippen molar-refractivity contribution in [2.45, 2.75) is 39.2 Å². The van der Waals surface area contributed by atoms with Gasteiger partial charge in [-0.2, -0.15) is 0 Å². The molecule has 0 unspecified atom stereocenters. The van der Waals surface area contributed by atoms with Crippen LogP contribution in [0.3, 0.4) is 0 Å². The second kappa shape index (κ2) is 9.95. The smallest absolute Gasteiger partial charge is 0.274 e. The first kappa shape index (κ1) is 23.5. The van der Waals surface area contributed by atoms with Crippen molar-refractivity contribution in [2.24, 2.45) is 0 Å². The van der Waals surface area contributed by atoms with Crippen molar-refractivity contribution >= 4 is 27.3 Å². The zero-order valence-electron chi connectivity index (χ0n) is 18.2.